The maximum Gasteiger partial charge on any atom is 0.121 e. The highest BCUT2D eigenvalue weighted by Gasteiger charge is 2.13. The van der Waals surface area contributed by atoms with E-state index in [1.54, 1.807) is 0 Å². The summed E-state index contributed by atoms with van der Waals surface area (Å²) in [5.74, 6) is 3.47. The van der Waals surface area contributed by atoms with E-state index in [0.29, 0.717) is 0 Å². The number of hydrogen-bond acceptors (Lipinski definition) is 5. The predicted molar refractivity (Wildman–Crippen MR) is 60.8 cm³/mol. The summed E-state index contributed by atoms with van der Waals surface area (Å²) >= 11 is 2.07. The third-order valence-corrected chi connectivity index (χ3v) is 3.86. The topological polar surface area (TPSA) is 51.0 Å². The molecule has 1 aliphatic heterocycles. The standard InChI is InChI=1S/C10H17N3OS/c1-8-10(13-14-12-8)7-11-6-9-2-4-15-5-3-9/h9,11H,2-7H2,1H3. The Morgan fingerprint density at radius 2 is 2.20 bits per heavy atom. The van der Waals surface area contributed by atoms with Crippen molar-refractivity contribution < 1.29 is 4.63 Å². The molecule has 1 aliphatic rings. The van der Waals surface area contributed by atoms with Crippen molar-refractivity contribution in [2.24, 2.45) is 5.92 Å². The van der Waals surface area contributed by atoms with E-state index >= 15 is 0 Å². The monoisotopic (exact) mass is 227 g/mol. The van der Waals surface area contributed by atoms with Crippen LogP contribution in [0.2, 0.25) is 0 Å². The summed E-state index contributed by atoms with van der Waals surface area (Å²) in [4.78, 5) is 0. The molecule has 0 radical (unpaired) electrons. The minimum Gasteiger partial charge on any atom is -0.311 e. The quantitative estimate of drug-likeness (QED) is 0.847. The molecule has 2 heterocycles. The van der Waals surface area contributed by atoms with Crippen LogP contribution in [0.4, 0.5) is 0 Å². The third-order valence-electron chi connectivity index (χ3n) is 2.81. The fourth-order valence-electron chi connectivity index (χ4n) is 1.76. The Morgan fingerprint density at radius 1 is 1.40 bits per heavy atom. The lowest BCUT2D eigenvalue weighted by molar-refractivity contribution is 0.300. The smallest absolute Gasteiger partial charge is 0.121 e. The van der Waals surface area contributed by atoms with Crippen molar-refractivity contribution in [3.05, 3.63) is 11.4 Å². The molecule has 0 bridgehead atoms. The van der Waals surface area contributed by atoms with E-state index in [9.17, 15) is 0 Å². The molecule has 0 aliphatic carbocycles. The van der Waals surface area contributed by atoms with Crippen LogP contribution in [0.5, 0.6) is 0 Å². The molecule has 0 amide bonds. The van der Waals surface area contributed by atoms with Crippen LogP contribution in [0.15, 0.2) is 4.63 Å². The third kappa shape index (κ3) is 3.21. The molecule has 0 unspecified atom stereocenters. The van der Waals surface area contributed by atoms with Crippen LogP contribution in [0, 0.1) is 12.8 Å². The summed E-state index contributed by atoms with van der Waals surface area (Å²) < 4.78 is 4.64. The Bertz CT molecular complexity index is 297. The van der Waals surface area contributed by atoms with Crippen LogP contribution in [0.1, 0.15) is 24.2 Å². The normalized spacial score (nSPS) is 18.2. The van der Waals surface area contributed by atoms with Gasteiger partial charge in [-0.05, 0) is 43.7 Å². The van der Waals surface area contributed by atoms with E-state index in [2.05, 4.69) is 32.0 Å². The molecule has 0 aromatic carbocycles. The number of nitrogens with zero attached hydrogens (tertiary/aromatic N) is 2. The van der Waals surface area contributed by atoms with Gasteiger partial charge in [0.15, 0.2) is 0 Å². The van der Waals surface area contributed by atoms with Crippen molar-refractivity contribution in [3.8, 4) is 0 Å². The highest BCUT2D eigenvalue weighted by molar-refractivity contribution is 7.99. The van der Waals surface area contributed by atoms with Crippen LogP contribution >= 0.6 is 11.8 Å². The molecule has 1 aromatic rings. The Kier molecular flexibility index (Phi) is 4.02. The molecule has 0 spiro atoms. The van der Waals surface area contributed by atoms with Gasteiger partial charge in [0.25, 0.3) is 0 Å². The van der Waals surface area contributed by atoms with Gasteiger partial charge in [0, 0.05) is 6.54 Å². The van der Waals surface area contributed by atoms with Crippen molar-refractivity contribution >= 4 is 11.8 Å². The molecular formula is C10H17N3OS. The van der Waals surface area contributed by atoms with Crippen LogP contribution in [0.3, 0.4) is 0 Å². The fraction of sp³-hybridized carbons (Fsp3) is 0.800. The Balaban J connectivity index is 1.68. The van der Waals surface area contributed by atoms with Gasteiger partial charge in [-0.2, -0.15) is 11.8 Å². The lowest BCUT2D eigenvalue weighted by atomic mass is 10.0. The lowest BCUT2D eigenvalue weighted by Gasteiger charge is -2.21. The van der Waals surface area contributed by atoms with Crippen LogP contribution in [-0.4, -0.2) is 28.4 Å². The van der Waals surface area contributed by atoms with Gasteiger partial charge in [-0.3, -0.25) is 0 Å². The molecule has 1 aromatic heterocycles. The molecule has 1 N–H and O–H groups in total. The van der Waals surface area contributed by atoms with Gasteiger partial charge in [0.2, 0.25) is 0 Å². The van der Waals surface area contributed by atoms with Gasteiger partial charge in [-0.25, -0.2) is 4.63 Å². The van der Waals surface area contributed by atoms with E-state index in [4.69, 9.17) is 0 Å². The fourth-order valence-corrected chi connectivity index (χ4v) is 2.96. The zero-order chi connectivity index (χ0) is 10.5. The zero-order valence-corrected chi connectivity index (χ0v) is 9.85. The molecule has 0 saturated carbocycles. The van der Waals surface area contributed by atoms with Gasteiger partial charge in [-0.1, -0.05) is 10.3 Å². The second-order valence-electron chi connectivity index (χ2n) is 3.98. The number of aromatic nitrogens is 2. The van der Waals surface area contributed by atoms with E-state index in [1.807, 2.05) is 6.92 Å². The van der Waals surface area contributed by atoms with Crippen molar-refractivity contribution in [1.82, 2.24) is 15.6 Å². The van der Waals surface area contributed by atoms with Crippen LogP contribution < -0.4 is 5.32 Å². The molecule has 1 saturated heterocycles. The average molecular weight is 227 g/mol. The summed E-state index contributed by atoms with van der Waals surface area (Å²) in [5, 5.41) is 11.0. The van der Waals surface area contributed by atoms with Crippen molar-refractivity contribution in [2.45, 2.75) is 26.3 Å². The largest absolute Gasteiger partial charge is 0.311 e. The highest BCUT2D eigenvalue weighted by Crippen LogP contribution is 2.21. The van der Waals surface area contributed by atoms with E-state index in [-0.39, 0.29) is 0 Å². The van der Waals surface area contributed by atoms with E-state index < -0.39 is 0 Å². The van der Waals surface area contributed by atoms with E-state index in [0.717, 1.165) is 30.4 Å². The predicted octanol–water partition coefficient (Wildman–Crippen LogP) is 1.61. The highest BCUT2D eigenvalue weighted by atomic mass is 32.2. The van der Waals surface area contributed by atoms with Gasteiger partial charge in [-0.15, -0.1) is 0 Å². The molecule has 5 heteroatoms. The Hall–Kier alpha value is -0.550. The Labute approximate surface area is 94.2 Å². The minimum absolute atomic E-state index is 0.777. The molecule has 0 atom stereocenters. The lowest BCUT2D eigenvalue weighted by Crippen LogP contribution is -2.25. The summed E-state index contributed by atoms with van der Waals surface area (Å²) in [6, 6.07) is 0. The number of thioether (sulfide) groups is 1. The minimum atomic E-state index is 0.777. The zero-order valence-electron chi connectivity index (χ0n) is 9.03. The average Bonchev–Trinajstić information content (AvgIpc) is 2.66. The first kappa shape index (κ1) is 11.0. The first-order chi connectivity index (χ1) is 7.36. The molecule has 1 fully saturated rings. The second-order valence-corrected chi connectivity index (χ2v) is 5.21. The van der Waals surface area contributed by atoms with Crippen molar-refractivity contribution in [1.29, 1.82) is 0 Å². The second kappa shape index (κ2) is 5.51. The molecule has 4 nitrogen and oxygen atoms in total. The van der Waals surface area contributed by atoms with Crippen LogP contribution in [0.25, 0.3) is 0 Å². The molecule has 84 valence electrons. The number of rotatable bonds is 4. The van der Waals surface area contributed by atoms with Gasteiger partial charge in [0.1, 0.15) is 11.4 Å². The van der Waals surface area contributed by atoms with Gasteiger partial charge < -0.3 is 5.32 Å². The summed E-state index contributed by atoms with van der Waals surface area (Å²) in [7, 11) is 0. The summed E-state index contributed by atoms with van der Waals surface area (Å²) in [6.07, 6.45) is 2.68. The van der Waals surface area contributed by atoms with Crippen molar-refractivity contribution in [2.75, 3.05) is 18.1 Å². The maximum atomic E-state index is 4.64. The number of aryl methyl sites for hydroxylation is 1. The first-order valence-electron chi connectivity index (χ1n) is 5.43. The summed E-state index contributed by atoms with van der Waals surface area (Å²) in [5.41, 5.74) is 1.82. The first-order valence-corrected chi connectivity index (χ1v) is 6.58. The van der Waals surface area contributed by atoms with E-state index in [1.165, 1.54) is 24.3 Å². The van der Waals surface area contributed by atoms with Gasteiger partial charge >= 0.3 is 0 Å². The van der Waals surface area contributed by atoms with Crippen LogP contribution in [-0.2, 0) is 6.54 Å². The maximum absolute atomic E-state index is 4.64. The molecule has 2 rings (SSSR count). The SMILES string of the molecule is Cc1nonc1CNCC1CCSCC1. The molecule has 15 heavy (non-hydrogen) atoms. The molecular weight excluding hydrogens is 210 g/mol. The van der Waals surface area contributed by atoms with Gasteiger partial charge in [0.05, 0.1) is 0 Å². The Morgan fingerprint density at radius 3 is 2.87 bits per heavy atom. The number of nitrogens with one attached hydrogen (secondary N) is 1. The summed E-state index contributed by atoms with van der Waals surface area (Å²) in [6.45, 7) is 3.79. The number of hydrogen-bond donors (Lipinski definition) is 1. The van der Waals surface area contributed by atoms with Crippen molar-refractivity contribution in [3.63, 3.8) is 0 Å².